The van der Waals surface area contributed by atoms with Crippen molar-refractivity contribution in [1.82, 2.24) is 8.75 Å². The molecule has 5 nitrogen and oxygen atoms in total. The van der Waals surface area contributed by atoms with Crippen molar-refractivity contribution in [1.29, 1.82) is 5.26 Å². The highest BCUT2D eigenvalue weighted by Gasteiger charge is 2.12. The summed E-state index contributed by atoms with van der Waals surface area (Å²) in [5, 5.41) is 12.2. The van der Waals surface area contributed by atoms with Crippen LogP contribution in [0.1, 0.15) is 5.56 Å². The fourth-order valence-corrected chi connectivity index (χ4v) is 1.94. The third-order valence-corrected chi connectivity index (χ3v) is 2.95. The van der Waals surface area contributed by atoms with Crippen LogP contribution in [0.2, 0.25) is 5.15 Å². The van der Waals surface area contributed by atoms with Gasteiger partial charge >= 0.3 is 0 Å². The number of hydrogen-bond acceptors (Lipinski definition) is 6. The molecule has 0 saturated heterocycles. The minimum absolute atomic E-state index is 0.268. The van der Waals surface area contributed by atoms with Crippen LogP contribution in [0.25, 0.3) is 0 Å². The predicted molar refractivity (Wildman–Crippen MR) is 65.9 cm³/mol. The highest BCUT2D eigenvalue weighted by Crippen LogP contribution is 2.32. The number of methoxy groups -OCH3 is 1. The zero-order valence-electron chi connectivity index (χ0n) is 8.77. The first-order valence-corrected chi connectivity index (χ1v) is 5.69. The van der Waals surface area contributed by atoms with Crippen LogP contribution in [-0.4, -0.2) is 15.9 Å². The highest BCUT2D eigenvalue weighted by molar-refractivity contribution is 6.99. The van der Waals surface area contributed by atoms with E-state index >= 15 is 0 Å². The van der Waals surface area contributed by atoms with Crippen molar-refractivity contribution in [2.24, 2.45) is 0 Å². The molecule has 0 bridgehead atoms. The summed E-state index contributed by atoms with van der Waals surface area (Å²) in [5.41, 5.74) is 0.987. The number of para-hydroxylation sites is 1. The molecule has 0 amide bonds. The second kappa shape index (κ2) is 4.99. The summed E-state index contributed by atoms with van der Waals surface area (Å²) >= 11 is 6.83. The molecule has 2 aromatic rings. The van der Waals surface area contributed by atoms with E-state index in [9.17, 15) is 0 Å². The molecule has 1 aromatic heterocycles. The summed E-state index contributed by atoms with van der Waals surface area (Å²) in [7, 11) is 1.53. The highest BCUT2D eigenvalue weighted by atomic mass is 35.5. The van der Waals surface area contributed by atoms with Crippen molar-refractivity contribution >= 4 is 34.8 Å². The third-order valence-electron chi connectivity index (χ3n) is 2.06. The lowest BCUT2D eigenvalue weighted by Crippen LogP contribution is -1.98. The Balaban J connectivity index is 2.44. The Morgan fingerprint density at radius 3 is 2.88 bits per heavy atom. The quantitative estimate of drug-likeness (QED) is 0.925. The van der Waals surface area contributed by atoms with E-state index in [4.69, 9.17) is 21.6 Å². The summed E-state index contributed by atoms with van der Waals surface area (Å²) in [6, 6.07) is 7.24. The van der Waals surface area contributed by atoms with Gasteiger partial charge in [0.15, 0.2) is 11.0 Å². The monoisotopic (exact) mass is 266 g/mol. The molecule has 7 heteroatoms. The van der Waals surface area contributed by atoms with Gasteiger partial charge in [0.1, 0.15) is 17.5 Å². The molecule has 0 spiro atoms. The van der Waals surface area contributed by atoms with Gasteiger partial charge in [0.25, 0.3) is 0 Å². The first-order chi connectivity index (χ1) is 8.26. The number of rotatable bonds is 3. The van der Waals surface area contributed by atoms with Crippen molar-refractivity contribution in [2.45, 2.75) is 0 Å². The molecule has 0 aliphatic rings. The van der Waals surface area contributed by atoms with Crippen LogP contribution < -0.4 is 10.1 Å². The Morgan fingerprint density at radius 1 is 1.47 bits per heavy atom. The molecule has 17 heavy (non-hydrogen) atoms. The molecule has 0 saturated carbocycles. The maximum atomic E-state index is 9.02. The largest absolute Gasteiger partial charge is 0.495 e. The second-order valence-electron chi connectivity index (χ2n) is 3.02. The molecule has 0 atom stereocenters. The van der Waals surface area contributed by atoms with E-state index in [1.807, 2.05) is 0 Å². The number of nitrogens with one attached hydrogen (secondary N) is 1. The first-order valence-electron chi connectivity index (χ1n) is 4.58. The van der Waals surface area contributed by atoms with Crippen LogP contribution in [0, 0.1) is 11.3 Å². The van der Waals surface area contributed by atoms with Crippen molar-refractivity contribution < 1.29 is 4.74 Å². The topological polar surface area (TPSA) is 70.8 Å². The van der Waals surface area contributed by atoms with Gasteiger partial charge in [0.05, 0.1) is 24.4 Å². The van der Waals surface area contributed by atoms with E-state index in [-0.39, 0.29) is 5.15 Å². The van der Waals surface area contributed by atoms with E-state index in [0.29, 0.717) is 22.8 Å². The molecule has 0 fully saturated rings. The van der Waals surface area contributed by atoms with Crippen molar-refractivity contribution in [3.63, 3.8) is 0 Å². The fourth-order valence-electron chi connectivity index (χ4n) is 1.29. The lowest BCUT2D eigenvalue weighted by molar-refractivity contribution is 0.416. The Hall–Kier alpha value is -1.84. The van der Waals surface area contributed by atoms with Gasteiger partial charge in [0.2, 0.25) is 0 Å². The van der Waals surface area contributed by atoms with Crippen LogP contribution in [0.15, 0.2) is 18.2 Å². The molecule has 2 rings (SSSR count). The average Bonchev–Trinajstić information content (AvgIpc) is 2.75. The fraction of sp³-hybridized carbons (Fsp3) is 0.100. The van der Waals surface area contributed by atoms with Crippen LogP contribution in [0.3, 0.4) is 0 Å². The predicted octanol–water partition coefficient (Wildman–Crippen LogP) is 2.82. The minimum atomic E-state index is 0.268. The summed E-state index contributed by atoms with van der Waals surface area (Å²) in [5.74, 6) is 0.964. The van der Waals surface area contributed by atoms with E-state index in [1.54, 1.807) is 18.2 Å². The van der Waals surface area contributed by atoms with Crippen LogP contribution in [0.5, 0.6) is 5.75 Å². The average molecular weight is 267 g/mol. The van der Waals surface area contributed by atoms with E-state index in [1.165, 1.54) is 7.11 Å². The van der Waals surface area contributed by atoms with Crippen LogP contribution in [0.4, 0.5) is 11.5 Å². The number of halogens is 1. The van der Waals surface area contributed by atoms with Crippen molar-refractivity contribution in [2.75, 3.05) is 12.4 Å². The summed E-state index contributed by atoms with van der Waals surface area (Å²) in [4.78, 5) is 0. The standard InChI is InChI=1S/C10H7ClN4OS/c1-16-7-4-2-3-6(5-12)8(7)13-10-9(11)14-17-15-10/h2-4H,1H3,(H,13,15). The molecule has 1 N–H and O–H groups in total. The molecule has 0 unspecified atom stereocenters. The smallest absolute Gasteiger partial charge is 0.187 e. The van der Waals surface area contributed by atoms with Gasteiger partial charge in [-0.25, -0.2) is 0 Å². The SMILES string of the molecule is COc1cccc(C#N)c1Nc1nsnc1Cl. The Bertz CT molecular complexity index is 578. The van der Waals surface area contributed by atoms with Gasteiger partial charge in [-0.15, -0.1) is 0 Å². The number of aromatic nitrogens is 2. The molecule has 1 heterocycles. The van der Waals surface area contributed by atoms with E-state index in [0.717, 1.165) is 11.7 Å². The lowest BCUT2D eigenvalue weighted by atomic mass is 10.2. The van der Waals surface area contributed by atoms with Gasteiger partial charge < -0.3 is 10.1 Å². The maximum Gasteiger partial charge on any atom is 0.187 e. The van der Waals surface area contributed by atoms with Gasteiger partial charge in [0, 0.05) is 0 Å². The minimum Gasteiger partial charge on any atom is -0.495 e. The Labute approximate surface area is 107 Å². The Morgan fingerprint density at radius 2 is 2.29 bits per heavy atom. The molecule has 1 aromatic carbocycles. The van der Waals surface area contributed by atoms with Crippen molar-refractivity contribution in [3.8, 4) is 11.8 Å². The number of benzene rings is 1. The third kappa shape index (κ3) is 2.30. The van der Waals surface area contributed by atoms with Gasteiger partial charge in [-0.1, -0.05) is 17.7 Å². The lowest BCUT2D eigenvalue weighted by Gasteiger charge is -2.10. The molecule has 0 aliphatic heterocycles. The van der Waals surface area contributed by atoms with Crippen LogP contribution >= 0.6 is 23.3 Å². The van der Waals surface area contributed by atoms with Crippen molar-refractivity contribution in [3.05, 3.63) is 28.9 Å². The number of anilines is 2. The molecular formula is C10H7ClN4OS. The number of nitrogens with zero attached hydrogens (tertiary/aromatic N) is 3. The molecule has 0 aliphatic carbocycles. The molecular weight excluding hydrogens is 260 g/mol. The summed E-state index contributed by atoms with van der Waals surface area (Å²) in [6.07, 6.45) is 0. The zero-order valence-corrected chi connectivity index (χ0v) is 10.3. The second-order valence-corrected chi connectivity index (χ2v) is 3.91. The van der Waals surface area contributed by atoms with Gasteiger partial charge in [-0.2, -0.15) is 14.0 Å². The van der Waals surface area contributed by atoms with Gasteiger partial charge in [-0.05, 0) is 12.1 Å². The van der Waals surface area contributed by atoms with E-state index in [2.05, 4.69) is 20.1 Å². The summed E-state index contributed by atoms with van der Waals surface area (Å²) < 4.78 is 13.0. The van der Waals surface area contributed by atoms with Crippen LogP contribution in [-0.2, 0) is 0 Å². The van der Waals surface area contributed by atoms with E-state index < -0.39 is 0 Å². The maximum absolute atomic E-state index is 9.02. The first kappa shape index (κ1) is 11.6. The molecule has 86 valence electrons. The number of nitriles is 1. The zero-order chi connectivity index (χ0) is 12.3. The van der Waals surface area contributed by atoms with Gasteiger partial charge in [-0.3, -0.25) is 0 Å². The Kier molecular flexibility index (Phi) is 3.42. The normalized spacial score (nSPS) is 9.71. The number of ether oxygens (including phenoxy) is 1. The number of hydrogen-bond donors (Lipinski definition) is 1. The summed E-state index contributed by atoms with van der Waals surface area (Å²) in [6.45, 7) is 0. The molecule has 0 radical (unpaired) electrons.